The highest BCUT2D eigenvalue weighted by molar-refractivity contribution is 7.07. The first-order valence-corrected chi connectivity index (χ1v) is 9.47. The van der Waals surface area contributed by atoms with Gasteiger partial charge in [-0.1, -0.05) is 12.1 Å². The van der Waals surface area contributed by atoms with Crippen LogP contribution in [0.2, 0.25) is 0 Å². The van der Waals surface area contributed by atoms with Crippen molar-refractivity contribution in [3.05, 3.63) is 58.5 Å². The number of thiazole rings is 1. The molecule has 0 atom stereocenters. The number of carbonyl (C=O) groups excluding carboxylic acids is 1. The number of nitrogens with zero attached hydrogens (tertiary/aromatic N) is 2. The Morgan fingerprint density at radius 1 is 1.26 bits per heavy atom. The van der Waals surface area contributed by atoms with Crippen LogP contribution in [0.25, 0.3) is 11.3 Å². The fourth-order valence-electron chi connectivity index (χ4n) is 3.00. The Morgan fingerprint density at radius 3 is 2.85 bits per heavy atom. The number of carbonyl (C=O) groups is 1. The lowest BCUT2D eigenvalue weighted by molar-refractivity contribution is -0.118. The van der Waals surface area contributed by atoms with E-state index in [1.165, 1.54) is 17.4 Å². The minimum absolute atomic E-state index is 0.0302. The first-order valence-electron chi connectivity index (χ1n) is 8.59. The van der Waals surface area contributed by atoms with E-state index in [0.717, 1.165) is 11.3 Å². The molecule has 1 N–H and O–H groups in total. The number of rotatable bonds is 3. The Balaban J connectivity index is 1.83. The largest absolute Gasteiger partial charge is 0.482 e. The summed E-state index contributed by atoms with van der Waals surface area (Å²) in [6, 6.07) is 12.3. The fourth-order valence-corrected chi connectivity index (χ4v) is 4.04. The van der Waals surface area contributed by atoms with Crippen LogP contribution >= 0.6 is 11.3 Å². The number of para-hydroxylation sites is 1. The van der Waals surface area contributed by atoms with E-state index in [4.69, 9.17) is 4.74 Å². The third kappa shape index (κ3) is 3.38. The average Bonchev–Trinajstić information content (AvgIpc) is 3.07. The van der Waals surface area contributed by atoms with E-state index in [1.807, 2.05) is 23.6 Å². The molecular weight excluding hydrogens is 365 g/mol. The summed E-state index contributed by atoms with van der Waals surface area (Å²) in [5, 5.41) is 4.82. The zero-order valence-corrected chi connectivity index (χ0v) is 15.7. The molecule has 1 amide bonds. The number of amides is 1. The molecule has 27 heavy (non-hydrogen) atoms. The van der Waals surface area contributed by atoms with Gasteiger partial charge in [-0.15, -0.1) is 11.3 Å². The van der Waals surface area contributed by atoms with E-state index in [9.17, 15) is 9.18 Å². The molecule has 0 fully saturated rings. The zero-order valence-electron chi connectivity index (χ0n) is 14.9. The van der Waals surface area contributed by atoms with Crippen molar-refractivity contribution in [3.63, 3.8) is 0 Å². The molecule has 138 valence electrons. The molecule has 0 radical (unpaired) electrons. The van der Waals surface area contributed by atoms with Crippen molar-refractivity contribution in [2.24, 2.45) is 4.99 Å². The van der Waals surface area contributed by atoms with Crippen LogP contribution in [0, 0.1) is 5.82 Å². The van der Waals surface area contributed by atoms with Crippen molar-refractivity contribution in [1.29, 1.82) is 0 Å². The lowest BCUT2D eigenvalue weighted by Gasteiger charge is -2.19. The SMILES string of the molecule is CC(C)n1c(-c2ccc3c(c2)NC(=O)CO3)csc1=Nc1ccccc1F. The Hall–Kier alpha value is -2.93. The van der Waals surface area contributed by atoms with E-state index in [2.05, 4.69) is 28.7 Å². The Bertz CT molecular complexity index is 1080. The molecule has 4 rings (SSSR count). The fraction of sp³-hybridized carbons (Fsp3) is 0.200. The molecule has 2 heterocycles. The number of benzene rings is 2. The highest BCUT2D eigenvalue weighted by Gasteiger charge is 2.18. The van der Waals surface area contributed by atoms with Gasteiger partial charge in [0.25, 0.3) is 5.91 Å². The second-order valence-corrected chi connectivity index (χ2v) is 7.31. The number of aromatic nitrogens is 1. The van der Waals surface area contributed by atoms with Gasteiger partial charge in [0, 0.05) is 17.0 Å². The van der Waals surface area contributed by atoms with Gasteiger partial charge in [0.1, 0.15) is 17.3 Å². The van der Waals surface area contributed by atoms with Crippen molar-refractivity contribution < 1.29 is 13.9 Å². The summed E-state index contributed by atoms with van der Waals surface area (Å²) in [5.41, 5.74) is 2.84. The standard InChI is InChI=1S/C20H18FN3O2S/c1-12(2)24-17(11-27-20(24)23-15-6-4-3-5-14(15)21)13-7-8-18-16(9-13)22-19(25)10-26-18/h3-9,11-12H,10H2,1-2H3,(H,22,25). The van der Waals surface area contributed by atoms with Crippen molar-refractivity contribution in [2.45, 2.75) is 19.9 Å². The van der Waals surface area contributed by atoms with E-state index < -0.39 is 0 Å². The van der Waals surface area contributed by atoms with Crippen LogP contribution < -0.4 is 14.9 Å². The van der Waals surface area contributed by atoms with Crippen molar-refractivity contribution in [1.82, 2.24) is 4.57 Å². The van der Waals surface area contributed by atoms with Gasteiger partial charge in [-0.3, -0.25) is 4.79 Å². The number of fused-ring (bicyclic) bond motifs is 1. The topological polar surface area (TPSA) is 55.6 Å². The second kappa shape index (κ2) is 7.00. The number of hydrogen-bond donors (Lipinski definition) is 1. The highest BCUT2D eigenvalue weighted by atomic mass is 32.1. The Morgan fingerprint density at radius 2 is 2.07 bits per heavy atom. The molecule has 5 nitrogen and oxygen atoms in total. The first-order chi connectivity index (χ1) is 13.0. The molecule has 2 aromatic carbocycles. The molecule has 0 aliphatic carbocycles. The summed E-state index contributed by atoms with van der Waals surface area (Å²) in [7, 11) is 0. The van der Waals surface area contributed by atoms with Gasteiger partial charge in [0.2, 0.25) is 0 Å². The molecule has 0 bridgehead atoms. The monoisotopic (exact) mass is 383 g/mol. The smallest absolute Gasteiger partial charge is 0.262 e. The van der Waals surface area contributed by atoms with Crippen molar-refractivity contribution in [2.75, 3.05) is 11.9 Å². The maximum Gasteiger partial charge on any atom is 0.262 e. The summed E-state index contributed by atoms with van der Waals surface area (Å²) in [6.45, 7) is 4.14. The molecular formula is C20H18FN3O2S. The molecule has 0 unspecified atom stereocenters. The molecule has 1 aliphatic heterocycles. The van der Waals surface area contributed by atoms with Crippen LogP contribution in [0.1, 0.15) is 19.9 Å². The molecule has 0 saturated carbocycles. The third-order valence-corrected chi connectivity index (χ3v) is 5.07. The van der Waals surface area contributed by atoms with Gasteiger partial charge in [0.05, 0.1) is 11.4 Å². The van der Waals surface area contributed by atoms with Crippen LogP contribution in [0.3, 0.4) is 0 Å². The summed E-state index contributed by atoms with van der Waals surface area (Å²) in [4.78, 5) is 16.8. The molecule has 3 aromatic rings. The van der Waals surface area contributed by atoms with Gasteiger partial charge in [-0.25, -0.2) is 9.38 Å². The van der Waals surface area contributed by atoms with Gasteiger partial charge >= 0.3 is 0 Å². The third-order valence-electron chi connectivity index (χ3n) is 4.23. The summed E-state index contributed by atoms with van der Waals surface area (Å²) >= 11 is 1.45. The molecule has 1 aliphatic rings. The summed E-state index contributed by atoms with van der Waals surface area (Å²) in [6.07, 6.45) is 0. The number of ether oxygens (including phenoxy) is 1. The van der Waals surface area contributed by atoms with E-state index >= 15 is 0 Å². The van der Waals surface area contributed by atoms with Crippen LogP contribution in [-0.4, -0.2) is 17.1 Å². The molecule has 0 saturated heterocycles. The maximum absolute atomic E-state index is 14.0. The van der Waals surface area contributed by atoms with Crippen LogP contribution in [0.15, 0.2) is 52.8 Å². The van der Waals surface area contributed by atoms with Crippen LogP contribution in [0.4, 0.5) is 15.8 Å². The van der Waals surface area contributed by atoms with Crippen LogP contribution in [0.5, 0.6) is 5.75 Å². The lowest BCUT2D eigenvalue weighted by Crippen LogP contribution is -2.25. The van der Waals surface area contributed by atoms with Gasteiger partial charge in [-0.05, 0) is 44.2 Å². The minimum Gasteiger partial charge on any atom is -0.482 e. The summed E-state index contributed by atoms with van der Waals surface area (Å²) < 4.78 is 21.5. The highest BCUT2D eigenvalue weighted by Crippen LogP contribution is 2.33. The van der Waals surface area contributed by atoms with Gasteiger partial charge in [0.15, 0.2) is 11.4 Å². The van der Waals surface area contributed by atoms with Crippen LogP contribution in [-0.2, 0) is 4.79 Å². The van der Waals surface area contributed by atoms with Gasteiger partial charge < -0.3 is 14.6 Å². The molecule has 1 aromatic heterocycles. The molecule has 7 heteroatoms. The quantitative estimate of drug-likeness (QED) is 0.724. The van der Waals surface area contributed by atoms with E-state index in [1.54, 1.807) is 18.2 Å². The van der Waals surface area contributed by atoms with Gasteiger partial charge in [-0.2, -0.15) is 0 Å². The number of anilines is 1. The zero-order chi connectivity index (χ0) is 19.0. The van der Waals surface area contributed by atoms with Crippen molar-refractivity contribution >= 4 is 28.6 Å². The molecule has 0 spiro atoms. The lowest BCUT2D eigenvalue weighted by atomic mass is 10.1. The number of halogens is 1. The first kappa shape index (κ1) is 17.5. The van der Waals surface area contributed by atoms with E-state index in [0.29, 0.717) is 21.9 Å². The van der Waals surface area contributed by atoms with E-state index in [-0.39, 0.29) is 24.4 Å². The maximum atomic E-state index is 14.0. The number of hydrogen-bond acceptors (Lipinski definition) is 4. The second-order valence-electron chi connectivity index (χ2n) is 6.48. The van der Waals surface area contributed by atoms with Crippen molar-refractivity contribution in [3.8, 4) is 17.0 Å². The Kier molecular flexibility index (Phi) is 4.53. The Labute approximate surface area is 159 Å². The number of nitrogens with one attached hydrogen (secondary N) is 1. The minimum atomic E-state index is -0.351. The predicted octanol–water partition coefficient (Wildman–Crippen LogP) is 4.50. The normalized spacial score (nSPS) is 14.1. The predicted molar refractivity (Wildman–Crippen MR) is 104 cm³/mol. The summed E-state index contributed by atoms with van der Waals surface area (Å²) in [5.74, 6) is 0.134. The average molecular weight is 383 g/mol.